The lowest BCUT2D eigenvalue weighted by atomic mass is 10.1. The van der Waals surface area contributed by atoms with E-state index in [4.69, 9.17) is 9.47 Å². The molecule has 5 nitrogen and oxygen atoms in total. The largest absolute Gasteiger partial charge is 0.506 e. The average molecular weight is 285 g/mol. The Hall–Kier alpha value is -2.82. The third-order valence-electron chi connectivity index (χ3n) is 2.84. The SMILES string of the molecule is COc1ccc(/C=C/C(=O)c2cncc(O)c2)cc1OC. The van der Waals surface area contributed by atoms with Crippen molar-refractivity contribution in [3.63, 3.8) is 0 Å². The summed E-state index contributed by atoms with van der Waals surface area (Å²) in [7, 11) is 3.11. The monoisotopic (exact) mass is 285 g/mol. The van der Waals surface area contributed by atoms with Crippen LogP contribution in [-0.2, 0) is 0 Å². The zero-order valence-corrected chi connectivity index (χ0v) is 11.7. The molecule has 0 saturated carbocycles. The van der Waals surface area contributed by atoms with Gasteiger partial charge in [0.15, 0.2) is 17.3 Å². The van der Waals surface area contributed by atoms with Gasteiger partial charge in [-0.05, 0) is 29.8 Å². The number of hydrogen-bond acceptors (Lipinski definition) is 5. The van der Waals surface area contributed by atoms with Crippen LogP contribution >= 0.6 is 0 Å². The molecular formula is C16H15NO4. The molecule has 0 saturated heterocycles. The third kappa shape index (κ3) is 3.60. The molecule has 0 radical (unpaired) electrons. The van der Waals surface area contributed by atoms with E-state index in [1.54, 1.807) is 32.4 Å². The minimum Gasteiger partial charge on any atom is -0.506 e. The Kier molecular flexibility index (Phi) is 4.56. The Morgan fingerprint density at radius 3 is 2.57 bits per heavy atom. The Labute approximate surface area is 122 Å². The van der Waals surface area contributed by atoms with Crippen molar-refractivity contribution in [2.75, 3.05) is 14.2 Å². The molecule has 21 heavy (non-hydrogen) atoms. The number of methoxy groups -OCH3 is 2. The number of ketones is 1. The van der Waals surface area contributed by atoms with Crippen molar-refractivity contribution in [1.29, 1.82) is 0 Å². The highest BCUT2D eigenvalue weighted by Gasteiger charge is 2.05. The van der Waals surface area contributed by atoms with Crippen LogP contribution in [0.5, 0.6) is 17.2 Å². The van der Waals surface area contributed by atoms with Gasteiger partial charge in [-0.3, -0.25) is 9.78 Å². The summed E-state index contributed by atoms with van der Waals surface area (Å²) in [6, 6.07) is 6.71. The van der Waals surface area contributed by atoms with Crippen LogP contribution in [0.3, 0.4) is 0 Å². The van der Waals surface area contributed by atoms with Crippen molar-refractivity contribution in [1.82, 2.24) is 4.98 Å². The molecular weight excluding hydrogens is 270 g/mol. The number of allylic oxidation sites excluding steroid dienone is 1. The van der Waals surface area contributed by atoms with Crippen LogP contribution in [0.15, 0.2) is 42.7 Å². The summed E-state index contributed by atoms with van der Waals surface area (Å²) in [5.74, 6) is 0.929. The molecule has 2 rings (SSSR count). The highest BCUT2D eigenvalue weighted by molar-refractivity contribution is 6.06. The van der Waals surface area contributed by atoms with Gasteiger partial charge in [0.1, 0.15) is 5.75 Å². The fourth-order valence-electron chi connectivity index (χ4n) is 1.79. The van der Waals surface area contributed by atoms with Gasteiger partial charge in [-0.1, -0.05) is 12.1 Å². The van der Waals surface area contributed by atoms with Gasteiger partial charge in [0, 0.05) is 11.8 Å². The Balaban J connectivity index is 2.19. The first-order chi connectivity index (χ1) is 10.1. The van der Waals surface area contributed by atoms with E-state index < -0.39 is 0 Å². The van der Waals surface area contributed by atoms with E-state index in [2.05, 4.69) is 4.98 Å². The van der Waals surface area contributed by atoms with Crippen LogP contribution in [0.25, 0.3) is 6.08 Å². The van der Waals surface area contributed by atoms with Crippen LogP contribution in [0.4, 0.5) is 0 Å². The number of aromatic hydroxyl groups is 1. The number of aromatic nitrogens is 1. The number of rotatable bonds is 5. The molecule has 0 aliphatic carbocycles. The maximum Gasteiger partial charge on any atom is 0.187 e. The third-order valence-corrected chi connectivity index (χ3v) is 2.84. The minimum atomic E-state index is -0.242. The number of benzene rings is 1. The molecule has 0 aliphatic rings. The second kappa shape index (κ2) is 6.56. The molecule has 0 unspecified atom stereocenters. The normalized spacial score (nSPS) is 10.6. The Bertz CT molecular complexity index is 680. The molecule has 5 heteroatoms. The molecule has 0 amide bonds. The van der Waals surface area contributed by atoms with E-state index in [0.29, 0.717) is 17.1 Å². The molecule has 108 valence electrons. The van der Waals surface area contributed by atoms with Crippen molar-refractivity contribution in [2.45, 2.75) is 0 Å². The van der Waals surface area contributed by atoms with Crippen molar-refractivity contribution in [3.8, 4) is 17.2 Å². The van der Waals surface area contributed by atoms with E-state index in [0.717, 1.165) is 5.56 Å². The van der Waals surface area contributed by atoms with Crippen molar-refractivity contribution >= 4 is 11.9 Å². The predicted octanol–water partition coefficient (Wildman–Crippen LogP) is 2.70. The summed E-state index contributed by atoms with van der Waals surface area (Å²) in [5.41, 5.74) is 1.13. The summed E-state index contributed by atoms with van der Waals surface area (Å²) >= 11 is 0. The first-order valence-electron chi connectivity index (χ1n) is 6.22. The van der Waals surface area contributed by atoms with Gasteiger partial charge >= 0.3 is 0 Å². The second-order valence-corrected chi connectivity index (χ2v) is 4.24. The zero-order valence-electron chi connectivity index (χ0n) is 11.7. The van der Waals surface area contributed by atoms with Gasteiger partial charge in [0.25, 0.3) is 0 Å². The van der Waals surface area contributed by atoms with E-state index >= 15 is 0 Å². The molecule has 0 bridgehead atoms. The van der Waals surface area contributed by atoms with Gasteiger partial charge in [0.05, 0.1) is 20.4 Å². The molecule has 0 atom stereocenters. The minimum absolute atomic E-state index is 0.0413. The molecule has 0 spiro atoms. The Morgan fingerprint density at radius 1 is 1.14 bits per heavy atom. The standard InChI is InChI=1S/C16H15NO4/c1-20-15-6-4-11(7-16(15)21-2)3-5-14(19)12-8-13(18)10-17-9-12/h3-10,18H,1-2H3/b5-3+. The number of carbonyl (C=O) groups is 1. The van der Waals surface area contributed by atoms with Crippen LogP contribution in [0, 0.1) is 0 Å². The molecule has 0 aliphatic heterocycles. The zero-order chi connectivity index (χ0) is 15.2. The summed E-state index contributed by atoms with van der Waals surface area (Å²) in [4.78, 5) is 15.7. The molecule has 1 heterocycles. The highest BCUT2D eigenvalue weighted by atomic mass is 16.5. The first kappa shape index (κ1) is 14.6. The topological polar surface area (TPSA) is 68.7 Å². The van der Waals surface area contributed by atoms with Crippen molar-refractivity contribution < 1.29 is 19.4 Å². The fourth-order valence-corrected chi connectivity index (χ4v) is 1.79. The summed E-state index contributed by atoms with van der Waals surface area (Å²) in [5, 5.41) is 9.30. The lowest BCUT2D eigenvalue weighted by molar-refractivity contribution is 0.104. The van der Waals surface area contributed by atoms with Crippen molar-refractivity contribution in [3.05, 3.63) is 53.9 Å². The van der Waals surface area contributed by atoms with Crippen molar-refractivity contribution in [2.24, 2.45) is 0 Å². The van der Waals surface area contributed by atoms with E-state index in [9.17, 15) is 9.90 Å². The van der Waals surface area contributed by atoms with Gasteiger partial charge < -0.3 is 14.6 Å². The van der Waals surface area contributed by atoms with Crippen LogP contribution in [0.2, 0.25) is 0 Å². The molecule has 1 aromatic carbocycles. The average Bonchev–Trinajstić information content (AvgIpc) is 2.52. The molecule has 1 aromatic heterocycles. The van der Waals surface area contributed by atoms with Crippen LogP contribution < -0.4 is 9.47 Å². The summed E-state index contributed by atoms with van der Waals surface area (Å²) in [6.07, 6.45) is 5.75. The number of ether oxygens (including phenoxy) is 2. The van der Waals surface area contributed by atoms with Crippen LogP contribution in [-0.4, -0.2) is 30.1 Å². The lowest BCUT2D eigenvalue weighted by Gasteiger charge is -2.07. The van der Waals surface area contributed by atoms with Gasteiger partial charge in [-0.25, -0.2) is 0 Å². The highest BCUT2D eigenvalue weighted by Crippen LogP contribution is 2.28. The molecule has 0 fully saturated rings. The molecule has 2 aromatic rings. The number of hydrogen-bond donors (Lipinski definition) is 1. The number of carbonyl (C=O) groups excluding carboxylic acids is 1. The fraction of sp³-hybridized carbons (Fsp3) is 0.125. The second-order valence-electron chi connectivity index (χ2n) is 4.24. The quantitative estimate of drug-likeness (QED) is 0.675. The van der Waals surface area contributed by atoms with E-state index in [-0.39, 0.29) is 11.5 Å². The van der Waals surface area contributed by atoms with E-state index in [1.807, 2.05) is 6.07 Å². The first-order valence-corrected chi connectivity index (χ1v) is 6.22. The summed E-state index contributed by atoms with van der Waals surface area (Å²) in [6.45, 7) is 0. The lowest BCUT2D eigenvalue weighted by Crippen LogP contribution is -1.95. The van der Waals surface area contributed by atoms with E-state index in [1.165, 1.54) is 24.5 Å². The maximum absolute atomic E-state index is 12.0. The van der Waals surface area contributed by atoms with Gasteiger partial charge in [0.2, 0.25) is 0 Å². The number of pyridine rings is 1. The molecule has 1 N–H and O–H groups in total. The maximum atomic E-state index is 12.0. The Morgan fingerprint density at radius 2 is 1.90 bits per heavy atom. The smallest absolute Gasteiger partial charge is 0.187 e. The predicted molar refractivity (Wildman–Crippen MR) is 78.8 cm³/mol. The number of nitrogens with zero attached hydrogens (tertiary/aromatic N) is 1. The van der Waals surface area contributed by atoms with Crippen LogP contribution in [0.1, 0.15) is 15.9 Å². The van der Waals surface area contributed by atoms with Gasteiger partial charge in [-0.15, -0.1) is 0 Å². The van der Waals surface area contributed by atoms with Gasteiger partial charge in [-0.2, -0.15) is 0 Å². The summed E-state index contributed by atoms with van der Waals surface area (Å²) < 4.78 is 10.3.